The molecule has 2 rings (SSSR count). The van der Waals surface area contributed by atoms with E-state index in [0.29, 0.717) is 19.6 Å². The molecule has 0 radical (unpaired) electrons. The quantitative estimate of drug-likeness (QED) is 0.291. The summed E-state index contributed by atoms with van der Waals surface area (Å²) in [5.41, 5.74) is -0.458. The topological polar surface area (TPSA) is 86.7 Å². The van der Waals surface area contributed by atoms with E-state index in [0.717, 1.165) is 51.6 Å². The molecule has 0 aromatic rings. The summed E-state index contributed by atoms with van der Waals surface area (Å²) in [5, 5.41) is 3.35. The van der Waals surface area contributed by atoms with E-state index < -0.39 is 5.60 Å². The summed E-state index contributed by atoms with van der Waals surface area (Å²) < 4.78 is 10.4. The molecule has 0 aromatic carbocycles. The Morgan fingerprint density at radius 2 is 1.77 bits per heavy atom. The Morgan fingerprint density at radius 1 is 1.10 bits per heavy atom. The maximum atomic E-state index is 12.2. The number of rotatable bonds is 6. The molecule has 2 saturated heterocycles. The molecule has 1 N–H and O–H groups in total. The van der Waals surface area contributed by atoms with Gasteiger partial charge in [-0.25, -0.2) is 4.79 Å². The van der Waals surface area contributed by atoms with Crippen LogP contribution in [0.4, 0.5) is 4.79 Å². The molecule has 0 spiro atoms. The number of aliphatic imine (C=N–C) groups is 1. The number of piperazine rings is 1. The number of hydrogen-bond donors (Lipinski definition) is 1. The molecule has 0 saturated carbocycles. The molecule has 2 heterocycles. The van der Waals surface area contributed by atoms with Crippen LogP contribution >= 0.6 is 0 Å². The molecule has 2 aliphatic rings. The third-order valence-corrected chi connectivity index (χ3v) is 5.67. The second-order valence-electron chi connectivity index (χ2n) is 9.41. The summed E-state index contributed by atoms with van der Waals surface area (Å²) in [4.78, 5) is 35.3. The number of likely N-dealkylation sites (tertiary alicyclic amines) is 1. The number of amides is 1. The van der Waals surface area contributed by atoms with Gasteiger partial charge in [0.25, 0.3) is 0 Å². The molecule has 1 amide bonds. The lowest BCUT2D eigenvalue weighted by Gasteiger charge is -2.35. The number of guanidine groups is 1. The van der Waals surface area contributed by atoms with Crippen molar-refractivity contribution < 1.29 is 19.1 Å². The summed E-state index contributed by atoms with van der Waals surface area (Å²) in [5.74, 6) is 0.875. The fraction of sp³-hybridized carbons (Fsp3) is 0.864. The summed E-state index contributed by atoms with van der Waals surface area (Å²) in [7, 11) is 1.45. The SMILES string of the molecule is CCNC(=NCCCN1CCN(C(=O)OC(C)(C)C)CC1)N1CC(C)C(C(=O)OC)C1. The van der Waals surface area contributed by atoms with E-state index in [9.17, 15) is 9.59 Å². The highest BCUT2D eigenvalue weighted by atomic mass is 16.6. The van der Waals surface area contributed by atoms with Crippen molar-refractivity contribution in [2.45, 2.75) is 46.6 Å². The highest BCUT2D eigenvalue weighted by Crippen LogP contribution is 2.24. The zero-order valence-electron chi connectivity index (χ0n) is 20.1. The normalized spacial score (nSPS) is 23.1. The fourth-order valence-corrected chi connectivity index (χ4v) is 3.98. The lowest BCUT2D eigenvalue weighted by Crippen LogP contribution is -2.50. The lowest BCUT2D eigenvalue weighted by atomic mass is 9.99. The number of nitrogens with zero attached hydrogens (tertiary/aromatic N) is 4. The average molecular weight is 440 g/mol. The molecule has 2 atom stereocenters. The Hall–Kier alpha value is -2.03. The molecule has 0 aromatic heterocycles. The lowest BCUT2D eigenvalue weighted by molar-refractivity contribution is -0.146. The van der Waals surface area contributed by atoms with Crippen molar-refractivity contribution in [3.63, 3.8) is 0 Å². The number of methoxy groups -OCH3 is 1. The molecular weight excluding hydrogens is 398 g/mol. The average Bonchev–Trinajstić information content (AvgIpc) is 3.10. The van der Waals surface area contributed by atoms with Crippen LogP contribution in [0.5, 0.6) is 0 Å². The highest BCUT2D eigenvalue weighted by molar-refractivity contribution is 5.82. The zero-order valence-corrected chi connectivity index (χ0v) is 20.1. The second kappa shape index (κ2) is 11.5. The maximum Gasteiger partial charge on any atom is 0.410 e. The first-order valence-electron chi connectivity index (χ1n) is 11.5. The van der Waals surface area contributed by atoms with Crippen LogP contribution in [0.15, 0.2) is 4.99 Å². The van der Waals surface area contributed by atoms with E-state index in [1.807, 2.05) is 20.8 Å². The van der Waals surface area contributed by atoms with Gasteiger partial charge < -0.3 is 24.6 Å². The predicted molar refractivity (Wildman–Crippen MR) is 121 cm³/mol. The maximum absolute atomic E-state index is 12.2. The number of hydrogen-bond acceptors (Lipinski definition) is 6. The van der Waals surface area contributed by atoms with E-state index in [4.69, 9.17) is 14.5 Å². The van der Waals surface area contributed by atoms with Gasteiger partial charge in [-0.05, 0) is 40.0 Å². The van der Waals surface area contributed by atoms with Crippen molar-refractivity contribution in [1.29, 1.82) is 0 Å². The van der Waals surface area contributed by atoms with Crippen LogP contribution < -0.4 is 5.32 Å². The number of carbonyl (C=O) groups excluding carboxylic acids is 2. The van der Waals surface area contributed by atoms with Crippen molar-refractivity contribution >= 4 is 18.0 Å². The standard InChI is InChI=1S/C22H41N5O4/c1-7-23-20(27-15-17(2)18(16-27)19(28)30-6)24-9-8-10-25-11-13-26(14-12-25)21(29)31-22(3,4)5/h17-18H,7-16H2,1-6H3,(H,23,24). The molecule has 2 fully saturated rings. The minimum Gasteiger partial charge on any atom is -0.469 e. The Bertz CT molecular complexity index is 626. The van der Waals surface area contributed by atoms with Gasteiger partial charge in [-0.3, -0.25) is 14.7 Å². The molecule has 9 heteroatoms. The molecular formula is C22H41N5O4. The number of esters is 1. The smallest absolute Gasteiger partial charge is 0.410 e. The molecule has 31 heavy (non-hydrogen) atoms. The monoisotopic (exact) mass is 439 g/mol. The van der Waals surface area contributed by atoms with Gasteiger partial charge in [0, 0.05) is 58.9 Å². The molecule has 2 aliphatic heterocycles. The van der Waals surface area contributed by atoms with E-state index in [2.05, 4.69) is 29.0 Å². The third kappa shape index (κ3) is 7.87. The van der Waals surface area contributed by atoms with E-state index in [1.165, 1.54) is 7.11 Å². The molecule has 2 unspecified atom stereocenters. The van der Waals surface area contributed by atoms with Gasteiger partial charge in [-0.2, -0.15) is 0 Å². The van der Waals surface area contributed by atoms with E-state index in [1.54, 1.807) is 4.90 Å². The summed E-state index contributed by atoms with van der Waals surface area (Å²) in [6.07, 6.45) is 0.725. The van der Waals surface area contributed by atoms with Crippen LogP contribution in [-0.2, 0) is 14.3 Å². The number of ether oxygens (including phenoxy) is 2. The van der Waals surface area contributed by atoms with Crippen molar-refractivity contribution in [3.05, 3.63) is 0 Å². The van der Waals surface area contributed by atoms with Gasteiger partial charge in [0.2, 0.25) is 0 Å². The number of carbonyl (C=O) groups is 2. The molecule has 9 nitrogen and oxygen atoms in total. The third-order valence-electron chi connectivity index (χ3n) is 5.67. The Kier molecular flexibility index (Phi) is 9.40. The van der Waals surface area contributed by atoms with Gasteiger partial charge in [-0.15, -0.1) is 0 Å². The Balaban J connectivity index is 1.76. The van der Waals surface area contributed by atoms with Gasteiger partial charge in [0.15, 0.2) is 5.96 Å². The van der Waals surface area contributed by atoms with Gasteiger partial charge in [0.1, 0.15) is 5.60 Å². The summed E-state index contributed by atoms with van der Waals surface area (Å²) >= 11 is 0. The second-order valence-corrected chi connectivity index (χ2v) is 9.41. The Labute approximate surface area is 187 Å². The number of nitrogens with one attached hydrogen (secondary N) is 1. The predicted octanol–water partition coefficient (Wildman–Crippen LogP) is 1.64. The van der Waals surface area contributed by atoms with Crippen LogP contribution in [0.25, 0.3) is 0 Å². The van der Waals surface area contributed by atoms with Gasteiger partial charge >= 0.3 is 12.1 Å². The van der Waals surface area contributed by atoms with Crippen molar-refractivity contribution in [3.8, 4) is 0 Å². The summed E-state index contributed by atoms with van der Waals surface area (Å²) in [6, 6.07) is 0. The Morgan fingerprint density at radius 3 is 2.35 bits per heavy atom. The molecule has 0 bridgehead atoms. The van der Waals surface area contributed by atoms with Gasteiger partial charge in [0.05, 0.1) is 13.0 Å². The van der Waals surface area contributed by atoms with Gasteiger partial charge in [-0.1, -0.05) is 6.92 Å². The van der Waals surface area contributed by atoms with Crippen LogP contribution in [0, 0.1) is 11.8 Å². The van der Waals surface area contributed by atoms with Crippen LogP contribution in [-0.4, -0.2) is 104 Å². The van der Waals surface area contributed by atoms with Crippen molar-refractivity contribution in [2.75, 3.05) is 66.0 Å². The van der Waals surface area contributed by atoms with E-state index >= 15 is 0 Å². The highest BCUT2D eigenvalue weighted by Gasteiger charge is 2.36. The minimum atomic E-state index is -0.458. The fourth-order valence-electron chi connectivity index (χ4n) is 3.98. The molecule has 178 valence electrons. The van der Waals surface area contributed by atoms with Crippen molar-refractivity contribution in [2.24, 2.45) is 16.8 Å². The largest absolute Gasteiger partial charge is 0.469 e. The first kappa shape index (κ1) is 25.2. The van der Waals surface area contributed by atoms with Crippen LogP contribution in [0.2, 0.25) is 0 Å². The van der Waals surface area contributed by atoms with Crippen molar-refractivity contribution in [1.82, 2.24) is 20.0 Å². The first-order valence-corrected chi connectivity index (χ1v) is 11.5. The zero-order chi connectivity index (χ0) is 23.0. The van der Waals surface area contributed by atoms with E-state index in [-0.39, 0.29) is 23.9 Å². The van der Waals surface area contributed by atoms with Crippen LogP contribution in [0.3, 0.4) is 0 Å². The summed E-state index contributed by atoms with van der Waals surface area (Å²) in [6.45, 7) is 16.8. The minimum absolute atomic E-state index is 0.102. The van der Waals surface area contributed by atoms with Crippen LogP contribution in [0.1, 0.15) is 41.0 Å². The first-order chi connectivity index (χ1) is 14.6. The molecule has 0 aliphatic carbocycles.